The van der Waals surface area contributed by atoms with Crippen molar-refractivity contribution in [3.63, 3.8) is 0 Å². The van der Waals surface area contributed by atoms with Crippen molar-refractivity contribution in [3.8, 4) is 5.75 Å². The van der Waals surface area contributed by atoms with Crippen molar-refractivity contribution in [1.82, 2.24) is 5.32 Å². The molecule has 112 valence electrons. The summed E-state index contributed by atoms with van der Waals surface area (Å²) in [6, 6.07) is 6.27. The van der Waals surface area contributed by atoms with Crippen LogP contribution in [0.25, 0.3) is 0 Å². The first-order valence-electron chi connectivity index (χ1n) is 6.98. The van der Waals surface area contributed by atoms with E-state index in [9.17, 15) is 13.2 Å². The molecule has 0 heterocycles. The van der Waals surface area contributed by atoms with E-state index >= 15 is 0 Å². The van der Waals surface area contributed by atoms with Gasteiger partial charge in [0.25, 0.3) is 0 Å². The Morgan fingerprint density at radius 3 is 2.65 bits per heavy atom. The lowest BCUT2D eigenvalue weighted by Gasteiger charge is -2.15. The second-order valence-electron chi connectivity index (χ2n) is 5.57. The Labute approximate surface area is 117 Å². The van der Waals surface area contributed by atoms with Crippen molar-refractivity contribution in [1.29, 1.82) is 0 Å². The van der Waals surface area contributed by atoms with Crippen LogP contribution in [0.5, 0.6) is 5.75 Å². The number of benzene rings is 1. The van der Waals surface area contributed by atoms with Gasteiger partial charge in [-0.1, -0.05) is 31.5 Å². The minimum absolute atomic E-state index is 0.118. The van der Waals surface area contributed by atoms with Crippen LogP contribution in [-0.4, -0.2) is 12.9 Å². The molecule has 20 heavy (non-hydrogen) atoms. The number of para-hydroxylation sites is 1. The molecule has 0 radical (unpaired) electrons. The lowest BCUT2D eigenvalue weighted by Crippen LogP contribution is -2.23. The van der Waals surface area contributed by atoms with Crippen molar-refractivity contribution in [2.24, 2.45) is 11.8 Å². The number of hydrogen-bond acceptors (Lipinski definition) is 2. The van der Waals surface area contributed by atoms with Crippen molar-refractivity contribution < 1.29 is 17.9 Å². The van der Waals surface area contributed by atoms with Gasteiger partial charge in [0.1, 0.15) is 5.75 Å². The molecule has 0 aromatic heterocycles. The summed E-state index contributed by atoms with van der Waals surface area (Å²) in [7, 11) is 0. The second-order valence-corrected chi connectivity index (χ2v) is 5.57. The van der Waals surface area contributed by atoms with Crippen LogP contribution in [0.1, 0.15) is 31.7 Å². The Kier molecular flexibility index (Phi) is 4.91. The Hall–Kier alpha value is -1.23. The summed E-state index contributed by atoms with van der Waals surface area (Å²) in [6.45, 7) is 3.49. The summed E-state index contributed by atoms with van der Waals surface area (Å²) in [6.07, 6.45) is -0.986. The van der Waals surface area contributed by atoms with Gasteiger partial charge >= 0.3 is 6.36 Å². The summed E-state index contributed by atoms with van der Waals surface area (Å²) in [5.41, 5.74) is 0.538. The van der Waals surface area contributed by atoms with E-state index in [1.165, 1.54) is 25.3 Å². The Morgan fingerprint density at radius 2 is 2.00 bits per heavy atom. The first-order chi connectivity index (χ1) is 9.44. The van der Waals surface area contributed by atoms with Crippen LogP contribution in [0, 0.1) is 11.8 Å². The van der Waals surface area contributed by atoms with E-state index in [2.05, 4.69) is 17.0 Å². The SMILES string of the molecule is CC1CCC(CNCc2ccccc2OC(F)(F)F)C1. The predicted octanol–water partition coefficient (Wildman–Crippen LogP) is 4.11. The molecule has 0 saturated heterocycles. The van der Waals surface area contributed by atoms with Gasteiger partial charge in [-0.2, -0.15) is 0 Å². The van der Waals surface area contributed by atoms with Crippen LogP contribution < -0.4 is 10.1 Å². The van der Waals surface area contributed by atoms with Gasteiger partial charge < -0.3 is 10.1 Å². The van der Waals surface area contributed by atoms with E-state index < -0.39 is 6.36 Å². The highest BCUT2D eigenvalue weighted by molar-refractivity contribution is 5.33. The highest BCUT2D eigenvalue weighted by atomic mass is 19.4. The van der Waals surface area contributed by atoms with E-state index in [1.54, 1.807) is 18.2 Å². The fourth-order valence-electron chi connectivity index (χ4n) is 2.80. The van der Waals surface area contributed by atoms with Crippen LogP contribution in [0.4, 0.5) is 13.2 Å². The molecule has 1 aromatic rings. The largest absolute Gasteiger partial charge is 0.573 e. The Balaban J connectivity index is 1.86. The lowest BCUT2D eigenvalue weighted by atomic mass is 10.1. The van der Waals surface area contributed by atoms with Crippen molar-refractivity contribution in [3.05, 3.63) is 29.8 Å². The monoisotopic (exact) mass is 287 g/mol. The maximum atomic E-state index is 12.3. The van der Waals surface area contributed by atoms with E-state index in [1.807, 2.05) is 0 Å². The van der Waals surface area contributed by atoms with E-state index in [0.29, 0.717) is 18.0 Å². The zero-order chi connectivity index (χ0) is 14.6. The smallest absolute Gasteiger partial charge is 0.405 e. The normalized spacial score (nSPS) is 23.0. The Bertz CT molecular complexity index is 433. The molecule has 1 saturated carbocycles. The first kappa shape index (κ1) is 15.2. The number of ether oxygens (including phenoxy) is 1. The predicted molar refractivity (Wildman–Crippen MR) is 71.3 cm³/mol. The van der Waals surface area contributed by atoms with Gasteiger partial charge in [0.15, 0.2) is 0 Å². The summed E-state index contributed by atoms with van der Waals surface area (Å²) < 4.78 is 40.9. The number of halogens is 3. The van der Waals surface area contributed by atoms with E-state index in [4.69, 9.17) is 0 Å². The highest BCUT2D eigenvalue weighted by Crippen LogP contribution is 2.30. The maximum absolute atomic E-state index is 12.3. The molecule has 2 rings (SSSR count). The zero-order valence-electron chi connectivity index (χ0n) is 11.5. The van der Waals surface area contributed by atoms with Gasteiger partial charge in [0, 0.05) is 12.1 Å². The fraction of sp³-hybridized carbons (Fsp3) is 0.600. The van der Waals surface area contributed by atoms with Gasteiger partial charge in [0.05, 0.1) is 0 Å². The third-order valence-corrected chi connectivity index (χ3v) is 3.75. The van der Waals surface area contributed by atoms with Gasteiger partial charge in [-0.3, -0.25) is 0 Å². The average Bonchev–Trinajstić information content (AvgIpc) is 2.75. The number of rotatable bonds is 5. The van der Waals surface area contributed by atoms with Crippen LogP contribution in [0.3, 0.4) is 0 Å². The van der Waals surface area contributed by atoms with Crippen molar-refractivity contribution in [2.45, 2.75) is 39.1 Å². The summed E-state index contributed by atoms with van der Waals surface area (Å²) >= 11 is 0. The van der Waals surface area contributed by atoms with Crippen molar-refractivity contribution >= 4 is 0 Å². The molecule has 0 spiro atoms. The summed E-state index contributed by atoms with van der Waals surface area (Å²) in [4.78, 5) is 0. The molecule has 1 aromatic carbocycles. The van der Waals surface area contributed by atoms with Crippen LogP contribution in [0.15, 0.2) is 24.3 Å². The number of hydrogen-bond donors (Lipinski definition) is 1. The third kappa shape index (κ3) is 4.71. The molecule has 1 fully saturated rings. The molecular weight excluding hydrogens is 267 g/mol. The minimum atomic E-state index is -4.64. The molecule has 1 N–H and O–H groups in total. The van der Waals surface area contributed by atoms with Gasteiger partial charge in [-0.25, -0.2) is 0 Å². The van der Waals surface area contributed by atoms with E-state index in [-0.39, 0.29) is 5.75 Å². The standard InChI is InChI=1S/C15H20F3NO/c1-11-6-7-12(8-11)9-19-10-13-4-2-3-5-14(13)20-15(16,17)18/h2-5,11-12,19H,6-10H2,1H3. The first-order valence-corrected chi connectivity index (χ1v) is 6.98. The Morgan fingerprint density at radius 1 is 1.25 bits per heavy atom. The molecule has 0 bridgehead atoms. The molecule has 0 aliphatic heterocycles. The maximum Gasteiger partial charge on any atom is 0.573 e. The van der Waals surface area contributed by atoms with Gasteiger partial charge in [0.2, 0.25) is 0 Å². The van der Waals surface area contributed by atoms with Gasteiger partial charge in [-0.15, -0.1) is 13.2 Å². The van der Waals surface area contributed by atoms with Crippen LogP contribution in [-0.2, 0) is 6.54 Å². The van der Waals surface area contributed by atoms with Crippen molar-refractivity contribution in [2.75, 3.05) is 6.54 Å². The molecule has 5 heteroatoms. The lowest BCUT2D eigenvalue weighted by molar-refractivity contribution is -0.274. The second kappa shape index (κ2) is 6.48. The van der Waals surface area contributed by atoms with Gasteiger partial charge in [-0.05, 0) is 37.3 Å². The summed E-state index contributed by atoms with van der Waals surface area (Å²) in [5.74, 6) is 1.29. The molecule has 2 unspecified atom stereocenters. The number of nitrogens with one attached hydrogen (secondary N) is 1. The topological polar surface area (TPSA) is 21.3 Å². The molecule has 2 nitrogen and oxygen atoms in total. The molecule has 0 amide bonds. The third-order valence-electron chi connectivity index (χ3n) is 3.75. The number of alkyl halides is 3. The molecule has 1 aliphatic carbocycles. The minimum Gasteiger partial charge on any atom is -0.405 e. The average molecular weight is 287 g/mol. The van der Waals surface area contributed by atoms with E-state index in [0.717, 1.165) is 12.5 Å². The van der Waals surface area contributed by atoms with Crippen LogP contribution in [0.2, 0.25) is 0 Å². The van der Waals surface area contributed by atoms with Crippen LogP contribution >= 0.6 is 0 Å². The molecular formula is C15H20F3NO. The summed E-state index contributed by atoms with van der Waals surface area (Å²) in [5, 5.41) is 3.24. The quantitative estimate of drug-likeness (QED) is 0.880. The molecule has 1 aliphatic rings. The highest BCUT2D eigenvalue weighted by Gasteiger charge is 2.31. The zero-order valence-corrected chi connectivity index (χ0v) is 11.5. The molecule has 2 atom stereocenters. The fourth-order valence-corrected chi connectivity index (χ4v) is 2.80.